The first kappa shape index (κ1) is 9.01. The fraction of sp³-hybridized carbons (Fsp3) is 1.00. The molecule has 0 radical (unpaired) electrons. The monoisotopic (exact) mass is 156 g/mol. The van der Waals surface area contributed by atoms with Crippen molar-refractivity contribution in [3.63, 3.8) is 0 Å². The molecule has 2 atom stereocenters. The average molecular weight is 156 g/mol. The van der Waals surface area contributed by atoms with Crippen LogP contribution in [-0.4, -0.2) is 25.2 Å². The van der Waals surface area contributed by atoms with Crippen molar-refractivity contribution in [2.45, 2.75) is 45.2 Å². The van der Waals surface area contributed by atoms with E-state index in [1.807, 2.05) is 0 Å². The van der Waals surface area contributed by atoms with E-state index in [1.54, 1.807) is 0 Å². The molecule has 66 valence electrons. The third kappa shape index (κ3) is 3.21. The van der Waals surface area contributed by atoms with Crippen molar-refractivity contribution in [3.8, 4) is 0 Å². The van der Waals surface area contributed by atoms with Crippen LogP contribution in [0.4, 0.5) is 0 Å². The van der Waals surface area contributed by atoms with Gasteiger partial charge >= 0.3 is 0 Å². The molecular weight excluding hydrogens is 136 g/mol. The summed E-state index contributed by atoms with van der Waals surface area (Å²) in [5, 5.41) is 6.97. The lowest BCUT2D eigenvalue weighted by molar-refractivity contribution is 0.442. The highest BCUT2D eigenvalue weighted by molar-refractivity contribution is 4.79. The predicted molar refractivity (Wildman–Crippen MR) is 48.8 cm³/mol. The molecule has 1 rings (SSSR count). The molecule has 0 bridgehead atoms. The largest absolute Gasteiger partial charge is 0.315 e. The molecular formula is C9H20N2. The van der Waals surface area contributed by atoms with Crippen LogP contribution < -0.4 is 10.6 Å². The van der Waals surface area contributed by atoms with E-state index < -0.39 is 0 Å². The first-order valence-electron chi connectivity index (χ1n) is 4.79. The van der Waals surface area contributed by atoms with Gasteiger partial charge in [0.15, 0.2) is 0 Å². The molecule has 0 saturated carbocycles. The van der Waals surface area contributed by atoms with Crippen LogP contribution in [0.25, 0.3) is 0 Å². The fourth-order valence-corrected chi connectivity index (χ4v) is 1.72. The van der Waals surface area contributed by atoms with Crippen LogP contribution >= 0.6 is 0 Å². The van der Waals surface area contributed by atoms with E-state index >= 15 is 0 Å². The molecule has 1 aliphatic heterocycles. The lowest BCUT2D eigenvalue weighted by Gasteiger charge is -2.17. The maximum Gasteiger partial charge on any atom is 0.0207 e. The highest BCUT2D eigenvalue weighted by atomic mass is 15.0. The Hall–Kier alpha value is -0.0800. The summed E-state index contributed by atoms with van der Waals surface area (Å²) in [6.45, 7) is 6.87. The summed E-state index contributed by atoms with van der Waals surface area (Å²) in [6, 6.07) is 1.43. The summed E-state index contributed by atoms with van der Waals surface area (Å²) in [5.41, 5.74) is 0. The van der Waals surface area contributed by atoms with Gasteiger partial charge in [-0.15, -0.1) is 0 Å². The Morgan fingerprint density at radius 3 is 3.00 bits per heavy atom. The van der Waals surface area contributed by atoms with Crippen LogP contribution in [0.3, 0.4) is 0 Å². The van der Waals surface area contributed by atoms with Crippen LogP contribution in [0, 0.1) is 0 Å². The third-order valence-corrected chi connectivity index (χ3v) is 2.30. The van der Waals surface area contributed by atoms with Crippen LogP contribution in [0.5, 0.6) is 0 Å². The second-order valence-electron chi connectivity index (χ2n) is 3.55. The average Bonchev–Trinajstić information content (AvgIpc) is 2.40. The molecule has 1 aliphatic rings. The fourth-order valence-electron chi connectivity index (χ4n) is 1.72. The smallest absolute Gasteiger partial charge is 0.0207 e. The van der Waals surface area contributed by atoms with Gasteiger partial charge in [-0.2, -0.15) is 0 Å². The Kier molecular flexibility index (Phi) is 3.87. The van der Waals surface area contributed by atoms with E-state index in [0.717, 1.165) is 12.6 Å². The van der Waals surface area contributed by atoms with Gasteiger partial charge in [-0.05, 0) is 26.3 Å². The summed E-state index contributed by atoms with van der Waals surface area (Å²) < 4.78 is 0. The second kappa shape index (κ2) is 4.73. The first-order valence-corrected chi connectivity index (χ1v) is 4.79. The van der Waals surface area contributed by atoms with Gasteiger partial charge in [0.1, 0.15) is 0 Å². The Morgan fingerprint density at radius 2 is 2.45 bits per heavy atom. The van der Waals surface area contributed by atoms with Crippen molar-refractivity contribution in [1.82, 2.24) is 10.6 Å². The molecule has 2 heteroatoms. The molecule has 1 heterocycles. The Labute approximate surface area is 69.8 Å². The van der Waals surface area contributed by atoms with E-state index in [-0.39, 0.29) is 0 Å². The Balaban J connectivity index is 2.08. The third-order valence-electron chi connectivity index (χ3n) is 2.30. The van der Waals surface area contributed by atoms with E-state index in [2.05, 4.69) is 24.5 Å². The van der Waals surface area contributed by atoms with Crippen molar-refractivity contribution >= 4 is 0 Å². The zero-order chi connectivity index (χ0) is 8.10. The topological polar surface area (TPSA) is 24.1 Å². The molecule has 0 aromatic carbocycles. The standard InChI is InChI=1S/C9H20N2/c1-3-4-8(2)11-9-5-6-10-7-9/h8-11H,3-7H2,1-2H3/t8-,9?/m0/s1. The number of nitrogens with one attached hydrogen (secondary N) is 2. The molecule has 1 fully saturated rings. The van der Waals surface area contributed by atoms with Crippen LogP contribution in [0.1, 0.15) is 33.1 Å². The van der Waals surface area contributed by atoms with Crippen molar-refractivity contribution < 1.29 is 0 Å². The maximum absolute atomic E-state index is 3.62. The van der Waals surface area contributed by atoms with Crippen LogP contribution in [0.15, 0.2) is 0 Å². The molecule has 0 amide bonds. The first-order chi connectivity index (χ1) is 5.33. The maximum atomic E-state index is 3.62. The molecule has 2 nitrogen and oxygen atoms in total. The van der Waals surface area contributed by atoms with E-state index in [1.165, 1.54) is 25.8 Å². The lowest BCUT2D eigenvalue weighted by atomic mass is 10.1. The molecule has 1 saturated heterocycles. The highest BCUT2D eigenvalue weighted by Gasteiger charge is 2.15. The van der Waals surface area contributed by atoms with Gasteiger partial charge in [0.05, 0.1) is 0 Å². The lowest BCUT2D eigenvalue weighted by Crippen LogP contribution is -2.37. The quantitative estimate of drug-likeness (QED) is 0.637. The molecule has 11 heavy (non-hydrogen) atoms. The van der Waals surface area contributed by atoms with Crippen LogP contribution in [-0.2, 0) is 0 Å². The number of hydrogen-bond acceptors (Lipinski definition) is 2. The highest BCUT2D eigenvalue weighted by Crippen LogP contribution is 2.02. The minimum atomic E-state index is 0.699. The molecule has 0 aliphatic carbocycles. The van der Waals surface area contributed by atoms with Crippen molar-refractivity contribution in [2.24, 2.45) is 0 Å². The van der Waals surface area contributed by atoms with Gasteiger partial charge in [0.25, 0.3) is 0 Å². The number of hydrogen-bond donors (Lipinski definition) is 2. The van der Waals surface area contributed by atoms with Crippen molar-refractivity contribution in [1.29, 1.82) is 0 Å². The van der Waals surface area contributed by atoms with E-state index in [9.17, 15) is 0 Å². The summed E-state index contributed by atoms with van der Waals surface area (Å²) in [4.78, 5) is 0. The van der Waals surface area contributed by atoms with Gasteiger partial charge < -0.3 is 10.6 Å². The summed E-state index contributed by atoms with van der Waals surface area (Å²) in [7, 11) is 0. The minimum Gasteiger partial charge on any atom is -0.315 e. The molecule has 2 N–H and O–H groups in total. The van der Waals surface area contributed by atoms with Crippen molar-refractivity contribution in [3.05, 3.63) is 0 Å². The van der Waals surface area contributed by atoms with Crippen LogP contribution in [0.2, 0.25) is 0 Å². The zero-order valence-electron chi connectivity index (χ0n) is 7.69. The Bertz CT molecular complexity index is 97.7. The van der Waals surface area contributed by atoms with E-state index in [0.29, 0.717) is 6.04 Å². The van der Waals surface area contributed by atoms with Gasteiger partial charge in [0, 0.05) is 18.6 Å². The van der Waals surface area contributed by atoms with E-state index in [4.69, 9.17) is 0 Å². The minimum absolute atomic E-state index is 0.699. The zero-order valence-corrected chi connectivity index (χ0v) is 7.69. The predicted octanol–water partition coefficient (Wildman–Crippen LogP) is 1.13. The van der Waals surface area contributed by atoms with Gasteiger partial charge in [0.2, 0.25) is 0 Å². The normalized spacial score (nSPS) is 27.3. The Morgan fingerprint density at radius 1 is 1.64 bits per heavy atom. The summed E-state index contributed by atoms with van der Waals surface area (Å²) in [5.74, 6) is 0. The van der Waals surface area contributed by atoms with Gasteiger partial charge in [-0.1, -0.05) is 13.3 Å². The second-order valence-corrected chi connectivity index (χ2v) is 3.55. The summed E-state index contributed by atoms with van der Waals surface area (Å²) >= 11 is 0. The SMILES string of the molecule is CCC[C@H](C)NC1CCNC1. The molecule has 0 aromatic rings. The van der Waals surface area contributed by atoms with Gasteiger partial charge in [-0.3, -0.25) is 0 Å². The van der Waals surface area contributed by atoms with Crippen molar-refractivity contribution in [2.75, 3.05) is 13.1 Å². The summed E-state index contributed by atoms with van der Waals surface area (Å²) in [6.07, 6.45) is 3.89. The van der Waals surface area contributed by atoms with Gasteiger partial charge in [-0.25, -0.2) is 0 Å². The molecule has 0 spiro atoms. The number of rotatable bonds is 4. The molecule has 1 unspecified atom stereocenters. The molecule has 0 aromatic heterocycles.